The van der Waals surface area contributed by atoms with E-state index in [4.69, 9.17) is 10.5 Å². The lowest BCUT2D eigenvalue weighted by Gasteiger charge is -2.35. The number of nitrogens with zero attached hydrogens (tertiary/aromatic N) is 1. The van der Waals surface area contributed by atoms with E-state index in [1.165, 1.54) is 0 Å². The second kappa shape index (κ2) is 6.26. The maximum absolute atomic E-state index is 13.4. The van der Waals surface area contributed by atoms with Gasteiger partial charge >= 0.3 is 0 Å². The van der Waals surface area contributed by atoms with Crippen molar-refractivity contribution in [2.24, 2.45) is 11.1 Å². The predicted octanol–water partition coefficient (Wildman–Crippen LogP) is 1.48. The van der Waals surface area contributed by atoms with E-state index in [9.17, 15) is 14.4 Å². The number of ether oxygens (including phenoxy) is 1. The Balaban J connectivity index is 2.02. The highest BCUT2D eigenvalue weighted by molar-refractivity contribution is 5.99. The summed E-state index contributed by atoms with van der Waals surface area (Å²) in [5, 5.41) is 0. The second-order valence-electron chi connectivity index (χ2n) is 7.83. The molecule has 2 fully saturated rings. The van der Waals surface area contributed by atoms with Crippen LogP contribution >= 0.6 is 0 Å². The number of rotatable bonds is 3. The van der Waals surface area contributed by atoms with Crippen molar-refractivity contribution in [3.8, 4) is 0 Å². The molecule has 0 spiro atoms. The van der Waals surface area contributed by atoms with Gasteiger partial charge in [-0.2, -0.15) is 0 Å². The molecule has 2 aliphatic rings. The molecule has 25 heavy (non-hydrogen) atoms. The van der Waals surface area contributed by atoms with Gasteiger partial charge in [-0.25, -0.2) is 0 Å². The fourth-order valence-electron chi connectivity index (χ4n) is 3.95. The molecular weight excluding hydrogens is 320 g/mol. The topological polar surface area (TPSA) is 89.7 Å². The van der Waals surface area contributed by atoms with E-state index in [0.717, 1.165) is 0 Å². The molecule has 0 unspecified atom stereocenters. The van der Waals surface area contributed by atoms with Crippen LogP contribution in [-0.2, 0) is 14.3 Å². The average Bonchev–Trinajstić information content (AvgIpc) is 3.10. The molecule has 1 aromatic carbocycles. The van der Waals surface area contributed by atoms with Gasteiger partial charge in [0, 0.05) is 12.1 Å². The van der Waals surface area contributed by atoms with Crippen LogP contribution in [0, 0.1) is 5.41 Å². The molecule has 6 heteroatoms. The monoisotopic (exact) mass is 344 g/mol. The van der Waals surface area contributed by atoms with Gasteiger partial charge in [0.25, 0.3) is 0 Å². The van der Waals surface area contributed by atoms with Crippen LogP contribution in [0.15, 0.2) is 24.3 Å². The van der Waals surface area contributed by atoms with E-state index in [-0.39, 0.29) is 24.4 Å². The molecule has 0 bridgehead atoms. The number of likely N-dealkylation sites (tertiary alicyclic amines) is 1. The van der Waals surface area contributed by atoms with Gasteiger partial charge in [-0.15, -0.1) is 0 Å². The van der Waals surface area contributed by atoms with Crippen molar-refractivity contribution in [3.05, 3.63) is 35.4 Å². The summed E-state index contributed by atoms with van der Waals surface area (Å²) >= 11 is 0. The summed E-state index contributed by atoms with van der Waals surface area (Å²) in [4.78, 5) is 39.1. The Bertz CT molecular complexity index is 722. The number of carbonyl (C=O) groups excluding carboxylic acids is 3. The first-order valence-electron chi connectivity index (χ1n) is 8.55. The van der Waals surface area contributed by atoms with Crippen LogP contribution in [0.3, 0.4) is 0 Å². The van der Waals surface area contributed by atoms with Crippen molar-refractivity contribution in [2.45, 2.75) is 45.3 Å². The number of primary amides is 1. The summed E-state index contributed by atoms with van der Waals surface area (Å²) < 4.78 is 5.49. The lowest BCUT2D eigenvalue weighted by Crippen LogP contribution is -2.46. The van der Waals surface area contributed by atoms with Crippen molar-refractivity contribution >= 4 is 17.6 Å². The first kappa shape index (κ1) is 17.6. The van der Waals surface area contributed by atoms with E-state index in [0.29, 0.717) is 24.1 Å². The number of hydrogen-bond donors (Lipinski definition) is 1. The number of nitrogens with two attached hydrogens (primary N) is 1. The Hall–Kier alpha value is -2.21. The fourth-order valence-corrected chi connectivity index (χ4v) is 3.95. The van der Waals surface area contributed by atoms with Gasteiger partial charge in [-0.05, 0) is 23.5 Å². The lowest BCUT2D eigenvalue weighted by molar-refractivity contribution is -0.139. The summed E-state index contributed by atoms with van der Waals surface area (Å²) in [6.45, 7) is 6.41. The van der Waals surface area contributed by atoms with Crippen LogP contribution < -0.4 is 5.73 Å². The fraction of sp³-hybridized carbons (Fsp3) is 0.526. The Morgan fingerprint density at radius 1 is 1.28 bits per heavy atom. The van der Waals surface area contributed by atoms with Gasteiger partial charge in [-0.3, -0.25) is 14.4 Å². The van der Waals surface area contributed by atoms with Crippen molar-refractivity contribution in [3.63, 3.8) is 0 Å². The van der Waals surface area contributed by atoms with E-state index in [1.807, 2.05) is 20.8 Å². The summed E-state index contributed by atoms with van der Waals surface area (Å²) in [6.07, 6.45) is 0.458. The number of benzene rings is 1. The van der Waals surface area contributed by atoms with Crippen molar-refractivity contribution in [1.29, 1.82) is 0 Å². The molecule has 0 aliphatic carbocycles. The molecule has 6 nitrogen and oxygen atoms in total. The smallest absolute Gasteiger partial charge is 0.249 e. The highest BCUT2D eigenvalue weighted by Gasteiger charge is 2.49. The molecule has 134 valence electrons. The largest absolute Gasteiger partial charge is 0.368 e. The molecule has 2 saturated heterocycles. The standard InChI is InChI=1S/C19H24N2O4/c1-19(2,3)15(11-6-4-5-7-12(11)17(20)23)18(24)21-9-8-14-16(21)13(22)10-25-14/h4-7,14-16H,8-10H2,1-3H3,(H2,20,23)/t14-,15+,16-/m1/s1. The minimum Gasteiger partial charge on any atom is -0.368 e. The van der Waals surface area contributed by atoms with Crippen molar-refractivity contribution in [1.82, 2.24) is 4.90 Å². The third-order valence-electron chi connectivity index (χ3n) is 5.05. The van der Waals surface area contributed by atoms with Crippen LogP contribution in [-0.4, -0.2) is 47.8 Å². The highest BCUT2D eigenvalue weighted by Crippen LogP contribution is 2.40. The van der Waals surface area contributed by atoms with Crippen LogP contribution in [0.5, 0.6) is 0 Å². The van der Waals surface area contributed by atoms with E-state index in [2.05, 4.69) is 0 Å². The number of ketones is 1. The zero-order valence-corrected chi connectivity index (χ0v) is 14.8. The first-order chi connectivity index (χ1) is 11.7. The minimum atomic E-state index is -0.566. The second-order valence-corrected chi connectivity index (χ2v) is 7.83. The third-order valence-corrected chi connectivity index (χ3v) is 5.05. The zero-order valence-electron chi connectivity index (χ0n) is 14.8. The third kappa shape index (κ3) is 3.06. The SMILES string of the molecule is CC(C)(C)[C@H](C(=O)N1CC[C@H]2OCC(=O)[C@H]21)c1ccccc1C(N)=O. The average molecular weight is 344 g/mol. The summed E-state index contributed by atoms with van der Waals surface area (Å²) in [6, 6.07) is 6.44. The van der Waals surface area contributed by atoms with Gasteiger partial charge in [0.15, 0.2) is 5.78 Å². The molecule has 0 aromatic heterocycles. The van der Waals surface area contributed by atoms with Crippen LogP contribution in [0.4, 0.5) is 0 Å². The molecule has 2 heterocycles. The van der Waals surface area contributed by atoms with Crippen LogP contribution in [0.2, 0.25) is 0 Å². The first-order valence-corrected chi connectivity index (χ1v) is 8.55. The number of Topliss-reactive ketones (excluding diaryl/α,β-unsaturated/α-hetero) is 1. The van der Waals surface area contributed by atoms with Gasteiger partial charge in [0.2, 0.25) is 11.8 Å². The molecule has 0 radical (unpaired) electrons. The molecule has 0 saturated carbocycles. The Morgan fingerprint density at radius 3 is 2.60 bits per heavy atom. The van der Waals surface area contributed by atoms with Gasteiger partial charge < -0.3 is 15.4 Å². The Morgan fingerprint density at radius 2 is 1.96 bits per heavy atom. The summed E-state index contributed by atoms with van der Waals surface area (Å²) in [5.74, 6) is -1.32. The normalized spacial score (nSPS) is 24.3. The molecule has 3 atom stereocenters. The van der Waals surface area contributed by atoms with Crippen molar-refractivity contribution in [2.75, 3.05) is 13.2 Å². The Kier molecular flexibility index (Phi) is 4.41. The predicted molar refractivity (Wildman–Crippen MR) is 92.0 cm³/mol. The van der Waals surface area contributed by atoms with Gasteiger partial charge in [-0.1, -0.05) is 39.0 Å². The summed E-state index contributed by atoms with van der Waals surface area (Å²) in [5.41, 5.74) is 6.04. The van der Waals surface area contributed by atoms with E-state index in [1.54, 1.807) is 29.2 Å². The van der Waals surface area contributed by atoms with Crippen molar-refractivity contribution < 1.29 is 19.1 Å². The lowest BCUT2D eigenvalue weighted by atomic mass is 9.74. The van der Waals surface area contributed by atoms with Crippen LogP contribution in [0.25, 0.3) is 0 Å². The highest BCUT2D eigenvalue weighted by atomic mass is 16.5. The number of fused-ring (bicyclic) bond motifs is 1. The summed E-state index contributed by atoms with van der Waals surface area (Å²) in [7, 11) is 0. The number of carbonyl (C=O) groups is 3. The molecule has 1 aromatic rings. The molecule has 2 amide bonds. The maximum atomic E-state index is 13.4. The number of hydrogen-bond acceptors (Lipinski definition) is 4. The van der Waals surface area contributed by atoms with E-state index >= 15 is 0 Å². The minimum absolute atomic E-state index is 0.0494. The molecule has 3 rings (SSSR count). The maximum Gasteiger partial charge on any atom is 0.249 e. The van der Waals surface area contributed by atoms with E-state index < -0.39 is 23.3 Å². The Labute approximate surface area is 147 Å². The number of amides is 2. The molecule has 2 aliphatic heterocycles. The molecular formula is C19H24N2O4. The van der Waals surface area contributed by atoms with Crippen LogP contribution in [0.1, 0.15) is 49.0 Å². The quantitative estimate of drug-likeness (QED) is 0.899. The van der Waals surface area contributed by atoms with Gasteiger partial charge in [0.05, 0.1) is 12.0 Å². The zero-order chi connectivity index (χ0) is 18.4. The molecule has 2 N–H and O–H groups in total. The van der Waals surface area contributed by atoms with Gasteiger partial charge in [0.1, 0.15) is 12.6 Å².